The van der Waals surface area contributed by atoms with Gasteiger partial charge in [0.1, 0.15) is 17.7 Å². The number of nitrogens with zero attached hydrogens (tertiary/aromatic N) is 5. The van der Waals surface area contributed by atoms with Gasteiger partial charge in [-0.2, -0.15) is 5.26 Å². The number of rotatable bonds is 9. The lowest BCUT2D eigenvalue weighted by Gasteiger charge is -2.42. The van der Waals surface area contributed by atoms with Crippen LogP contribution in [0.25, 0.3) is 6.08 Å². The maximum Gasteiger partial charge on any atom is 0.246 e. The summed E-state index contributed by atoms with van der Waals surface area (Å²) in [5.41, 5.74) is 3.30. The Balaban J connectivity index is 1.41. The first kappa shape index (κ1) is 24.0. The van der Waals surface area contributed by atoms with Crippen LogP contribution >= 0.6 is 0 Å². The van der Waals surface area contributed by atoms with Gasteiger partial charge in [-0.25, -0.2) is 9.97 Å². The van der Waals surface area contributed by atoms with Gasteiger partial charge in [-0.15, -0.1) is 0 Å². The topological polar surface area (TPSA) is 105 Å². The van der Waals surface area contributed by atoms with E-state index in [4.69, 9.17) is 10.1 Å². The molecule has 2 aromatic heterocycles. The summed E-state index contributed by atoms with van der Waals surface area (Å²) in [4.78, 5) is 26.5. The zero-order valence-corrected chi connectivity index (χ0v) is 20.4. The zero-order chi connectivity index (χ0) is 25.1. The molecular weight excluding hydrogens is 452 g/mol. The molecule has 2 aromatic rings. The van der Waals surface area contributed by atoms with E-state index in [0.29, 0.717) is 55.1 Å². The molecule has 2 saturated carbocycles. The number of amides is 1. The third kappa shape index (κ3) is 5.26. The van der Waals surface area contributed by atoms with Crippen molar-refractivity contribution in [2.45, 2.75) is 44.1 Å². The standard InChI is InChI=1S/C28H32N6O2/c1-2-19-10-11-30-25(15-19)31-23-16-22(17-29)28(32-27(23)21-8-9-21)33-12-13-34(24(18-33)20-6-7-20)26(36)5-3-4-14-35/h2-3,5,10-11,15-16,20-21,24,35H,1,4,6-9,12-14,18H2,(H,30,31)/b5-3+/t24-/m0/s1. The molecule has 186 valence electrons. The van der Waals surface area contributed by atoms with Crippen molar-refractivity contribution < 1.29 is 9.90 Å². The van der Waals surface area contributed by atoms with Gasteiger partial charge in [-0.3, -0.25) is 4.79 Å². The lowest BCUT2D eigenvalue weighted by Crippen LogP contribution is -2.56. The van der Waals surface area contributed by atoms with Gasteiger partial charge in [0.25, 0.3) is 0 Å². The molecule has 1 atom stereocenters. The lowest BCUT2D eigenvalue weighted by molar-refractivity contribution is -0.129. The van der Waals surface area contributed by atoms with E-state index in [1.165, 1.54) is 0 Å². The van der Waals surface area contributed by atoms with Crippen molar-refractivity contribution in [1.29, 1.82) is 5.26 Å². The van der Waals surface area contributed by atoms with Gasteiger partial charge < -0.3 is 20.2 Å². The SMILES string of the molecule is C=Cc1ccnc(Nc2cc(C#N)c(N3CCN(C(=O)/C=C/CCO)[C@H](C4CC4)C3)nc2C2CC2)c1. The minimum atomic E-state index is 0.000868. The monoisotopic (exact) mass is 484 g/mol. The van der Waals surface area contributed by atoms with Crippen molar-refractivity contribution in [1.82, 2.24) is 14.9 Å². The van der Waals surface area contributed by atoms with E-state index in [9.17, 15) is 10.1 Å². The van der Waals surface area contributed by atoms with E-state index >= 15 is 0 Å². The molecule has 0 bridgehead atoms. The number of aliphatic hydroxyl groups excluding tert-OH is 1. The molecule has 2 aliphatic carbocycles. The summed E-state index contributed by atoms with van der Waals surface area (Å²) >= 11 is 0. The van der Waals surface area contributed by atoms with Gasteiger partial charge in [-0.05, 0) is 67.9 Å². The first-order chi connectivity index (χ1) is 17.6. The highest BCUT2D eigenvalue weighted by molar-refractivity contribution is 5.88. The van der Waals surface area contributed by atoms with Crippen LogP contribution in [0.15, 0.2) is 43.1 Å². The molecular formula is C28H32N6O2. The number of hydrogen-bond donors (Lipinski definition) is 2. The molecule has 5 rings (SSSR count). The van der Waals surface area contributed by atoms with E-state index in [1.807, 2.05) is 23.1 Å². The summed E-state index contributed by atoms with van der Waals surface area (Å²) in [5.74, 6) is 2.27. The average Bonchev–Trinajstić information content (AvgIpc) is 3.82. The molecule has 3 heterocycles. The molecule has 3 aliphatic rings. The molecule has 0 unspecified atom stereocenters. The van der Waals surface area contributed by atoms with E-state index < -0.39 is 0 Å². The van der Waals surface area contributed by atoms with E-state index in [1.54, 1.807) is 24.4 Å². The van der Waals surface area contributed by atoms with Crippen LogP contribution in [0.2, 0.25) is 0 Å². The van der Waals surface area contributed by atoms with Crippen molar-refractivity contribution in [3.63, 3.8) is 0 Å². The van der Waals surface area contributed by atoms with Gasteiger partial charge in [0, 0.05) is 38.4 Å². The fourth-order valence-corrected chi connectivity index (χ4v) is 4.90. The Kier molecular flexibility index (Phi) is 7.01. The van der Waals surface area contributed by atoms with Crippen LogP contribution in [-0.2, 0) is 4.79 Å². The predicted molar refractivity (Wildman–Crippen MR) is 140 cm³/mol. The first-order valence-corrected chi connectivity index (χ1v) is 12.7. The quantitative estimate of drug-likeness (QED) is 0.519. The third-order valence-corrected chi connectivity index (χ3v) is 7.12. The Bertz CT molecular complexity index is 1210. The number of aromatic nitrogens is 2. The van der Waals surface area contributed by atoms with Crippen molar-refractivity contribution in [3.8, 4) is 6.07 Å². The van der Waals surface area contributed by atoms with Crippen LogP contribution in [0.1, 0.15) is 54.8 Å². The highest BCUT2D eigenvalue weighted by atomic mass is 16.2. The van der Waals surface area contributed by atoms with Crippen LogP contribution in [-0.4, -0.2) is 58.2 Å². The highest BCUT2D eigenvalue weighted by Crippen LogP contribution is 2.45. The van der Waals surface area contributed by atoms with Crippen molar-refractivity contribution in [2.24, 2.45) is 5.92 Å². The smallest absolute Gasteiger partial charge is 0.246 e. The predicted octanol–water partition coefficient (Wildman–Crippen LogP) is 3.98. The summed E-state index contributed by atoms with van der Waals surface area (Å²) in [5, 5.41) is 22.4. The molecule has 1 saturated heterocycles. The fourth-order valence-electron chi connectivity index (χ4n) is 4.90. The number of nitriles is 1. The van der Waals surface area contributed by atoms with E-state index in [2.05, 4.69) is 27.8 Å². The largest absolute Gasteiger partial charge is 0.396 e. The van der Waals surface area contributed by atoms with E-state index in [0.717, 1.165) is 42.6 Å². The zero-order valence-electron chi connectivity index (χ0n) is 20.4. The number of pyridine rings is 2. The van der Waals surface area contributed by atoms with Crippen molar-refractivity contribution in [3.05, 3.63) is 59.9 Å². The van der Waals surface area contributed by atoms with Gasteiger partial charge >= 0.3 is 0 Å². The molecule has 8 heteroatoms. The summed E-state index contributed by atoms with van der Waals surface area (Å²) in [6.07, 6.45) is 11.7. The number of hydrogen-bond acceptors (Lipinski definition) is 7. The molecule has 1 aliphatic heterocycles. The Hall–Kier alpha value is -3.70. The number of aliphatic hydroxyl groups is 1. The first-order valence-electron chi connectivity index (χ1n) is 12.7. The van der Waals surface area contributed by atoms with Gasteiger partial charge in [-0.1, -0.05) is 18.7 Å². The van der Waals surface area contributed by atoms with Crippen molar-refractivity contribution in [2.75, 3.05) is 36.5 Å². The molecule has 1 amide bonds. The van der Waals surface area contributed by atoms with Gasteiger partial charge in [0.05, 0.1) is 23.0 Å². The Morgan fingerprint density at radius 2 is 2.11 bits per heavy atom. The van der Waals surface area contributed by atoms with E-state index in [-0.39, 0.29) is 18.6 Å². The van der Waals surface area contributed by atoms with Crippen LogP contribution in [0.4, 0.5) is 17.3 Å². The minimum absolute atomic E-state index is 0.000868. The molecule has 0 aromatic carbocycles. The maximum atomic E-state index is 12.8. The second kappa shape index (κ2) is 10.5. The van der Waals surface area contributed by atoms with Crippen LogP contribution < -0.4 is 10.2 Å². The highest BCUT2D eigenvalue weighted by Gasteiger charge is 2.41. The molecule has 36 heavy (non-hydrogen) atoms. The Morgan fingerprint density at radius 1 is 1.28 bits per heavy atom. The minimum Gasteiger partial charge on any atom is -0.396 e. The number of nitrogens with one attached hydrogen (secondary N) is 1. The molecule has 3 fully saturated rings. The average molecular weight is 485 g/mol. The number of carbonyl (C=O) groups is 1. The molecule has 0 spiro atoms. The number of anilines is 3. The second-order valence-electron chi connectivity index (χ2n) is 9.78. The van der Waals surface area contributed by atoms with Gasteiger partial charge in [0.15, 0.2) is 0 Å². The Labute approximate surface area is 212 Å². The lowest BCUT2D eigenvalue weighted by atomic mass is 10.0. The number of carbonyl (C=O) groups excluding carboxylic acids is 1. The summed E-state index contributed by atoms with van der Waals surface area (Å²) in [6, 6.07) is 8.19. The second-order valence-corrected chi connectivity index (χ2v) is 9.78. The molecule has 0 radical (unpaired) electrons. The summed E-state index contributed by atoms with van der Waals surface area (Å²) < 4.78 is 0. The van der Waals surface area contributed by atoms with Crippen LogP contribution in [0, 0.1) is 17.2 Å². The Morgan fingerprint density at radius 3 is 2.81 bits per heavy atom. The fraction of sp³-hybridized carbons (Fsp3) is 0.429. The summed E-state index contributed by atoms with van der Waals surface area (Å²) in [6.45, 7) is 5.76. The van der Waals surface area contributed by atoms with Crippen LogP contribution in [0.5, 0.6) is 0 Å². The van der Waals surface area contributed by atoms with Crippen LogP contribution in [0.3, 0.4) is 0 Å². The molecule has 2 N–H and O–H groups in total. The third-order valence-electron chi connectivity index (χ3n) is 7.12. The number of piperazine rings is 1. The maximum absolute atomic E-state index is 12.8. The normalized spacial score (nSPS) is 19.8. The van der Waals surface area contributed by atoms with Crippen molar-refractivity contribution >= 4 is 29.3 Å². The molecule has 8 nitrogen and oxygen atoms in total. The summed E-state index contributed by atoms with van der Waals surface area (Å²) in [7, 11) is 0. The van der Waals surface area contributed by atoms with Gasteiger partial charge in [0.2, 0.25) is 5.91 Å².